The number of hydrogen-bond acceptors (Lipinski definition) is 4. The van der Waals surface area contributed by atoms with Crippen molar-refractivity contribution in [3.63, 3.8) is 0 Å². The number of carbonyl (C=O) groups is 2. The Morgan fingerprint density at radius 2 is 1.85 bits per heavy atom. The third-order valence-electron chi connectivity index (χ3n) is 3.75. The highest BCUT2D eigenvalue weighted by atomic mass is 16.3. The summed E-state index contributed by atoms with van der Waals surface area (Å²) in [5.41, 5.74) is 11.6. The Morgan fingerprint density at radius 3 is 2.45 bits per heavy atom. The molecule has 1 aromatic rings. The van der Waals surface area contributed by atoms with Gasteiger partial charge >= 0.3 is 0 Å². The molecule has 0 heterocycles. The maximum absolute atomic E-state index is 12.1. The van der Waals surface area contributed by atoms with Gasteiger partial charge in [0.1, 0.15) is 5.75 Å². The van der Waals surface area contributed by atoms with Crippen molar-refractivity contribution in [3.8, 4) is 5.75 Å². The predicted molar refractivity (Wildman–Crippen MR) is 74.9 cm³/mol. The Hall–Kier alpha value is -2.24. The van der Waals surface area contributed by atoms with E-state index in [0.29, 0.717) is 18.5 Å². The molecule has 0 aromatic heterocycles. The number of anilines is 1. The fraction of sp³-hybridized carbons (Fsp3) is 0.429. The number of benzene rings is 1. The SMILES string of the molecule is NC(=O)C1CCC(NC(=O)c2cc(O)ccc2N)CC1. The first-order chi connectivity index (χ1) is 9.47. The number of hydrogen-bond donors (Lipinski definition) is 4. The molecule has 6 N–H and O–H groups in total. The van der Waals surface area contributed by atoms with E-state index in [9.17, 15) is 14.7 Å². The van der Waals surface area contributed by atoms with Crippen LogP contribution in [0.1, 0.15) is 36.0 Å². The van der Waals surface area contributed by atoms with Gasteiger partial charge in [-0.25, -0.2) is 0 Å². The van der Waals surface area contributed by atoms with E-state index in [1.54, 1.807) is 0 Å². The van der Waals surface area contributed by atoms with Crippen molar-refractivity contribution < 1.29 is 14.7 Å². The molecule has 0 atom stereocenters. The van der Waals surface area contributed by atoms with Gasteiger partial charge < -0.3 is 21.9 Å². The van der Waals surface area contributed by atoms with Gasteiger partial charge in [-0.15, -0.1) is 0 Å². The number of nitrogen functional groups attached to an aromatic ring is 1. The zero-order valence-electron chi connectivity index (χ0n) is 11.1. The molecule has 0 spiro atoms. The van der Waals surface area contributed by atoms with Crippen LogP contribution in [0.4, 0.5) is 5.69 Å². The van der Waals surface area contributed by atoms with Crippen LogP contribution in [0.3, 0.4) is 0 Å². The fourth-order valence-corrected chi connectivity index (χ4v) is 2.53. The number of carbonyl (C=O) groups excluding carboxylic acids is 2. The summed E-state index contributed by atoms with van der Waals surface area (Å²) >= 11 is 0. The number of rotatable bonds is 3. The summed E-state index contributed by atoms with van der Waals surface area (Å²) in [5, 5.41) is 12.3. The average Bonchev–Trinajstić information content (AvgIpc) is 2.42. The van der Waals surface area contributed by atoms with Crippen LogP contribution in [-0.4, -0.2) is 23.0 Å². The number of amides is 2. The lowest BCUT2D eigenvalue weighted by molar-refractivity contribution is -0.122. The fourth-order valence-electron chi connectivity index (χ4n) is 2.53. The van der Waals surface area contributed by atoms with Crippen LogP contribution in [0.2, 0.25) is 0 Å². The highest BCUT2D eigenvalue weighted by Gasteiger charge is 2.26. The van der Waals surface area contributed by atoms with Gasteiger partial charge in [-0.05, 0) is 43.9 Å². The molecule has 0 aliphatic heterocycles. The molecule has 1 saturated carbocycles. The van der Waals surface area contributed by atoms with E-state index in [4.69, 9.17) is 11.5 Å². The van der Waals surface area contributed by atoms with Gasteiger partial charge in [0.15, 0.2) is 0 Å². The Bertz CT molecular complexity index is 522. The van der Waals surface area contributed by atoms with Crippen LogP contribution in [0.15, 0.2) is 18.2 Å². The minimum Gasteiger partial charge on any atom is -0.508 e. The van der Waals surface area contributed by atoms with Crippen molar-refractivity contribution in [1.82, 2.24) is 5.32 Å². The average molecular weight is 277 g/mol. The molecule has 108 valence electrons. The van der Waals surface area contributed by atoms with E-state index in [0.717, 1.165) is 12.8 Å². The van der Waals surface area contributed by atoms with E-state index in [1.807, 2.05) is 0 Å². The maximum Gasteiger partial charge on any atom is 0.253 e. The molecule has 0 saturated heterocycles. The van der Waals surface area contributed by atoms with Gasteiger partial charge in [0.2, 0.25) is 5.91 Å². The van der Waals surface area contributed by atoms with Crippen molar-refractivity contribution in [1.29, 1.82) is 0 Å². The van der Waals surface area contributed by atoms with Gasteiger partial charge in [-0.3, -0.25) is 9.59 Å². The van der Waals surface area contributed by atoms with Crippen LogP contribution >= 0.6 is 0 Å². The first-order valence-electron chi connectivity index (χ1n) is 6.66. The predicted octanol–water partition coefficient (Wildman–Crippen LogP) is 0.748. The van der Waals surface area contributed by atoms with Gasteiger partial charge in [0.25, 0.3) is 5.91 Å². The van der Waals surface area contributed by atoms with Crippen molar-refractivity contribution >= 4 is 17.5 Å². The van der Waals surface area contributed by atoms with Gasteiger partial charge in [-0.1, -0.05) is 0 Å². The molecule has 1 aliphatic carbocycles. The second-order valence-electron chi connectivity index (χ2n) is 5.20. The molecule has 0 bridgehead atoms. The summed E-state index contributed by atoms with van der Waals surface area (Å²) < 4.78 is 0. The monoisotopic (exact) mass is 277 g/mol. The van der Waals surface area contributed by atoms with Crippen LogP contribution in [0.25, 0.3) is 0 Å². The second kappa shape index (κ2) is 5.81. The van der Waals surface area contributed by atoms with Crippen molar-refractivity contribution in [2.75, 3.05) is 5.73 Å². The Balaban J connectivity index is 1.96. The molecule has 6 nitrogen and oxygen atoms in total. The molecule has 0 radical (unpaired) electrons. The molecule has 1 aliphatic rings. The largest absolute Gasteiger partial charge is 0.508 e. The topological polar surface area (TPSA) is 118 Å². The third kappa shape index (κ3) is 3.20. The number of nitrogens with two attached hydrogens (primary N) is 2. The zero-order valence-corrected chi connectivity index (χ0v) is 11.1. The van der Waals surface area contributed by atoms with E-state index in [2.05, 4.69) is 5.32 Å². The van der Waals surface area contributed by atoms with Crippen molar-refractivity contribution in [2.45, 2.75) is 31.7 Å². The first-order valence-corrected chi connectivity index (χ1v) is 6.66. The van der Waals surface area contributed by atoms with E-state index in [1.165, 1.54) is 18.2 Å². The van der Waals surface area contributed by atoms with Crippen LogP contribution in [0.5, 0.6) is 5.75 Å². The Kier molecular flexibility index (Phi) is 4.12. The summed E-state index contributed by atoms with van der Waals surface area (Å²) in [4.78, 5) is 23.2. The van der Waals surface area contributed by atoms with Gasteiger partial charge in [-0.2, -0.15) is 0 Å². The normalized spacial score (nSPS) is 22.2. The van der Waals surface area contributed by atoms with Crippen molar-refractivity contribution in [3.05, 3.63) is 23.8 Å². The maximum atomic E-state index is 12.1. The highest BCUT2D eigenvalue weighted by molar-refractivity contribution is 5.99. The minimum atomic E-state index is -0.305. The lowest BCUT2D eigenvalue weighted by atomic mass is 9.85. The number of aromatic hydroxyl groups is 1. The molecular formula is C14H19N3O3. The number of primary amides is 1. The lowest BCUT2D eigenvalue weighted by Crippen LogP contribution is -2.39. The van der Waals surface area contributed by atoms with E-state index >= 15 is 0 Å². The Labute approximate surface area is 117 Å². The molecule has 1 fully saturated rings. The number of nitrogens with one attached hydrogen (secondary N) is 1. The highest BCUT2D eigenvalue weighted by Crippen LogP contribution is 2.25. The van der Waals surface area contributed by atoms with Crippen LogP contribution in [0, 0.1) is 5.92 Å². The Morgan fingerprint density at radius 1 is 1.20 bits per heavy atom. The molecule has 6 heteroatoms. The molecular weight excluding hydrogens is 258 g/mol. The smallest absolute Gasteiger partial charge is 0.253 e. The van der Waals surface area contributed by atoms with Gasteiger partial charge in [0.05, 0.1) is 5.56 Å². The molecule has 2 rings (SSSR count). The molecule has 20 heavy (non-hydrogen) atoms. The molecule has 2 amide bonds. The van der Waals surface area contributed by atoms with E-state index in [-0.39, 0.29) is 35.1 Å². The first kappa shape index (κ1) is 14.2. The summed E-state index contributed by atoms with van der Waals surface area (Å²) in [6.45, 7) is 0. The summed E-state index contributed by atoms with van der Waals surface area (Å²) in [7, 11) is 0. The molecule has 1 aromatic carbocycles. The standard InChI is InChI=1S/C14H19N3O3/c15-12-6-5-10(18)7-11(12)14(20)17-9-3-1-8(2-4-9)13(16)19/h5-9,18H,1-4,15H2,(H2,16,19)(H,17,20). The van der Waals surface area contributed by atoms with E-state index < -0.39 is 0 Å². The zero-order chi connectivity index (χ0) is 14.7. The number of phenols is 1. The summed E-state index contributed by atoms with van der Waals surface area (Å²) in [6.07, 6.45) is 2.82. The van der Waals surface area contributed by atoms with Gasteiger partial charge in [0, 0.05) is 17.6 Å². The minimum absolute atomic E-state index is 0.00165. The summed E-state index contributed by atoms with van der Waals surface area (Å²) in [5.74, 6) is -0.663. The van der Waals surface area contributed by atoms with Crippen molar-refractivity contribution in [2.24, 2.45) is 11.7 Å². The number of phenolic OH excluding ortho intramolecular Hbond substituents is 1. The summed E-state index contributed by atoms with van der Waals surface area (Å²) in [6, 6.07) is 4.29. The lowest BCUT2D eigenvalue weighted by Gasteiger charge is -2.27. The second-order valence-corrected chi connectivity index (χ2v) is 5.20. The quantitative estimate of drug-likeness (QED) is 0.481. The van der Waals surface area contributed by atoms with Crippen LogP contribution < -0.4 is 16.8 Å². The third-order valence-corrected chi connectivity index (χ3v) is 3.75. The molecule has 0 unspecified atom stereocenters. The van der Waals surface area contributed by atoms with Crippen LogP contribution in [-0.2, 0) is 4.79 Å².